The second-order valence-electron chi connectivity index (χ2n) is 4.61. The number of hydrogen-bond acceptors (Lipinski definition) is 2. The molecule has 1 aromatic rings. The van der Waals surface area contributed by atoms with Gasteiger partial charge in [-0.05, 0) is 48.7 Å². The Hall–Kier alpha value is -0.350. The van der Waals surface area contributed by atoms with Crippen molar-refractivity contribution in [3.63, 3.8) is 0 Å². The van der Waals surface area contributed by atoms with Crippen molar-refractivity contribution in [2.45, 2.75) is 26.3 Å². The molecule has 1 saturated carbocycles. The molecule has 1 aliphatic rings. The fourth-order valence-corrected chi connectivity index (χ4v) is 2.37. The molecule has 84 valence electrons. The van der Waals surface area contributed by atoms with Crippen LogP contribution < -0.4 is 0 Å². The number of rotatable bonds is 4. The van der Waals surface area contributed by atoms with Gasteiger partial charge in [-0.25, -0.2) is 0 Å². The maximum Gasteiger partial charge on any atom is 0.0739 e. The van der Waals surface area contributed by atoms with Crippen LogP contribution in [0.25, 0.3) is 0 Å². The predicted octanol–water partition coefficient (Wildman–Crippen LogP) is 2.33. The second kappa shape index (κ2) is 4.26. The van der Waals surface area contributed by atoms with Crippen LogP contribution in [0, 0.1) is 12.8 Å². The second-order valence-corrected chi connectivity index (χ2v) is 5.40. The van der Waals surface area contributed by atoms with Gasteiger partial charge in [0.2, 0.25) is 0 Å². The Morgan fingerprint density at radius 1 is 1.53 bits per heavy atom. The Labute approximate surface area is 99.6 Å². The molecule has 3 nitrogen and oxygen atoms in total. The van der Waals surface area contributed by atoms with Gasteiger partial charge in [0.05, 0.1) is 15.9 Å². The first-order valence-corrected chi connectivity index (χ1v) is 6.23. The van der Waals surface area contributed by atoms with Crippen LogP contribution in [0.1, 0.15) is 24.2 Å². The van der Waals surface area contributed by atoms with Crippen molar-refractivity contribution in [2.24, 2.45) is 13.0 Å². The summed E-state index contributed by atoms with van der Waals surface area (Å²) in [6.45, 7) is 4.24. The average Bonchev–Trinajstić information content (AvgIpc) is 2.92. The maximum absolute atomic E-state index is 4.40. The van der Waals surface area contributed by atoms with E-state index in [4.69, 9.17) is 0 Å². The first-order valence-electron chi connectivity index (χ1n) is 5.44. The van der Waals surface area contributed by atoms with Crippen molar-refractivity contribution in [3.8, 4) is 0 Å². The van der Waals surface area contributed by atoms with Gasteiger partial charge in [-0.3, -0.25) is 4.68 Å². The average molecular weight is 272 g/mol. The molecule has 4 heteroatoms. The lowest BCUT2D eigenvalue weighted by molar-refractivity contribution is 0.304. The minimum absolute atomic E-state index is 0.947. The highest BCUT2D eigenvalue weighted by Gasteiger charge is 2.23. The first-order chi connectivity index (χ1) is 7.08. The highest BCUT2D eigenvalue weighted by Crippen LogP contribution is 2.30. The number of aryl methyl sites for hydroxylation is 2. The normalized spacial score (nSPS) is 16.3. The molecule has 2 rings (SSSR count). The van der Waals surface area contributed by atoms with Crippen molar-refractivity contribution < 1.29 is 0 Å². The highest BCUT2D eigenvalue weighted by molar-refractivity contribution is 9.10. The summed E-state index contributed by atoms with van der Waals surface area (Å²) < 4.78 is 3.13. The molecule has 0 aliphatic heterocycles. The molecule has 0 radical (unpaired) electrons. The van der Waals surface area contributed by atoms with Gasteiger partial charge in [0.15, 0.2) is 0 Å². The summed E-state index contributed by atoms with van der Waals surface area (Å²) in [5.74, 6) is 0.947. The Morgan fingerprint density at radius 2 is 2.20 bits per heavy atom. The number of aromatic nitrogens is 2. The van der Waals surface area contributed by atoms with Crippen LogP contribution in [0.15, 0.2) is 4.47 Å². The van der Waals surface area contributed by atoms with Crippen molar-refractivity contribution in [1.82, 2.24) is 14.7 Å². The van der Waals surface area contributed by atoms with Crippen molar-refractivity contribution in [1.29, 1.82) is 0 Å². The fourth-order valence-electron chi connectivity index (χ4n) is 1.91. The Bertz CT molecular complexity index is 355. The van der Waals surface area contributed by atoms with Crippen LogP contribution >= 0.6 is 15.9 Å². The molecule has 1 heterocycles. The van der Waals surface area contributed by atoms with Crippen molar-refractivity contribution in [2.75, 3.05) is 13.6 Å². The molecule has 1 aliphatic carbocycles. The molecule has 0 aromatic carbocycles. The van der Waals surface area contributed by atoms with Crippen molar-refractivity contribution in [3.05, 3.63) is 15.9 Å². The van der Waals surface area contributed by atoms with Crippen LogP contribution in [0.5, 0.6) is 0 Å². The lowest BCUT2D eigenvalue weighted by atomic mass is 10.3. The summed E-state index contributed by atoms with van der Waals surface area (Å²) in [7, 11) is 4.20. The van der Waals surface area contributed by atoms with E-state index in [0.717, 1.165) is 22.6 Å². The Balaban J connectivity index is 2.01. The molecule has 15 heavy (non-hydrogen) atoms. The third-order valence-corrected chi connectivity index (χ3v) is 3.98. The zero-order chi connectivity index (χ0) is 11.0. The quantitative estimate of drug-likeness (QED) is 0.838. The zero-order valence-electron chi connectivity index (χ0n) is 9.63. The van der Waals surface area contributed by atoms with Gasteiger partial charge in [0, 0.05) is 20.1 Å². The lowest BCUT2D eigenvalue weighted by Crippen LogP contribution is -2.22. The van der Waals surface area contributed by atoms with Gasteiger partial charge in [-0.2, -0.15) is 5.10 Å². The van der Waals surface area contributed by atoms with Gasteiger partial charge < -0.3 is 4.90 Å². The SMILES string of the molecule is Cc1nn(C)c(CN(C)CC2CC2)c1Br. The molecular formula is C11H18BrN3. The molecular weight excluding hydrogens is 254 g/mol. The molecule has 0 atom stereocenters. The highest BCUT2D eigenvalue weighted by atomic mass is 79.9. The van der Waals surface area contributed by atoms with E-state index in [1.165, 1.54) is 25.1 Å². The molecule has 0 N–H and O–H groups in total. The fraction of sp³-hybridized carbons (Fsp3) is 0.727. The van der Waals surface area contributed by atoms with Crippen LogP contribution in [0.3, 0.4) is 0 Å². The Kier molecular flexibility index (Phi) is 3.16. The van der Waals surface area contributed by atoms with E-state index in [0.29, 0.717) is 0 Å². The molecule has 0 spiro atoms. The van der Waals surface area contributed by atoms with Gasteiger partial charge in [-0.15, -0.1) is 0 Å². The van der Waals surface area contributed by atoms with Gasteiger partial charge in [0.25, 0.3) is 0 Å². The van der Waals surface area contributed by atoms with E-state index in [1.54, 1.807) is 0 Å². The lowest BCUT2D eigenvalue weighted by Gasteiger charge is -2.16. The predicted molar refractivity (Wildman–Crippen MR) is 64.7 cm³/mol. The van der Waals surface area contributed by atoms with E-state index in [-0.39, 0.29) is 0 Å². The molecule has 1 fully saturated rings. The van der Waals surface area contributed by atoms with Crippen LogP contribution in [0.2, 0.25) is 0 Å². The number of halogens is 1. The summed E-state index contributed by atoms with van der Waals surface area (Å²) in [5, 5.41) is 4.40. The summed E-state index contributed by atoms with van der Waals surface area (Å²) in [6.07, 6.45) is 2.83. The van der Waals surface area contributed by atoms with Crippen molar-refractivity contribution >= 4 is 15.9 Å². The van der Waals surface area contributed by atoms with E-state index < -0.39 is 0 Å². The molecule has 0 saturated heterocycles. The maximum atomic E-state index is 4.40. The smallest absolute Gasteiger partial charge is 0.0739 e. The number of hydrogen-bond donors (Lipinski definition) is 0. The standard InChI is InChI=1S/C11H18BrN3/c1-8-11(12)10(15(3)13-8)7-14(2)6-9-4-5-9/h9H,4-7H2,1-3H3. The van der Waals surface area contributed by atoms with Gasteiger partial charge >= 0.3 is 0 Å². The van der Waals surface area contributed by atoms with Gasteiger partial charge in [0.1, 0.15) is 0 Å². The topological polar surface area (TPSA) is 21.1 Å². The van der Waals surface area contributed by atoms with Crippen LogP contribution in [-0.2, 0) is 13.6 Å². The first kappa shape index (κ1) is 11.1. The molecule has 0 amide bonds. The van der Waals surface area contributed by atoms with E-state index >= 15 is 0 Å². The largest absolute Gasteiger partial charge is 0.300 e. The Morgan fingerprint density at radius 3 is 2.67 bits per heavy atom. The molecule has 1 aromatic heterocycles. The minimum atomic E-state index is 0.947. The van der Waals surface area contributed by atoms with Crippen LogP contribution in [0.4, 0.5) is 0 Å². The van der Waals surface area contributed by atoms with Gasteiger partial charge in [-0.1, -0.05) is 0 Å². The third-order valence-electron chi connectivity index (χ3n) is 2.95. The summed E-state index contributed by atoms with van der Waals surface area (Å²) in [5.41, 5.74) is 2.35. The van der Waals surface area contributed by atoms with E-state index in [2.05, 4.69) is 33.0 Å². The number of nitrogens with zero attached hydrogens (tertiary/aromatic N) is 3. The van der Waals surface area contributed by atoms with Crippen LogP contribution in [-0.4, -0.2) is 28.3 Å². The molecule has 0 bridgehead atoms. The summed E-state index contributed by atoms with van der Waals surface area (Å²) >= 11 is 3.60. The monoisotopic (exact) mass is 271 g/mol. The zero-order valence-corrected chi connectivity index (χ0v) is 11.2. The van der Waals surface area contributed by atoms with E-state index in [9.17, 15) is 0 Å². The van der Waals surface area contributed by atoms with E-state index in [1.807, 2.05) is 18.7 Å². The summed E-state index contributed by atoms with van der Waals surface area (Å²) in [6, 6.07) is 0. The third kappa shape index (κ3) is 2.61. The minimum Gasteiger partial charge on any atom is -0.300 e. The molecule has 0 unspecified atom stereocenters. The summed E-state index contributed by atoms with van der Waals surface area (Å²) in [4.78, 5) is 2.39.